The van der Waals surface area contributed by atoms with E-state index >= 15 is 0 Å². The topological polar surface area (TPSA) is 90.5 Å². The van der Waals surface area contributed by atoms with Crippen molar-refractivity contribution in [1.82, 2.24) is 16.0 Å². The van der Waals surface area contributed by atoms with Crippen molar-refractivity contribution in [3.8, 4) is 0 Å². The van der Waals surface area contributed by atoms with E-state index in [4.69, 9.17) is 0 Å². The van der Waals surface area contributed by atoms with Gasteiger partial charge in [0.25, 0.3) is 11.8 Å². The summed E-state index contributed by atoms with van der Waals surface area (Å²) in [5.74, 6) is -0.266. The largest absolute Gasteiger partial charge is 0.349 e. The molecule has 1 heterocycles. The lowest BCUT2D eigenvalue weighted by Gasteiger charge is -2.15. The summed E-state index contributed by atoms with van der Waals surface area (Å²) >= 11 is 0. The second-order valence-corrected chi connectivity index (χ2v) is 7.06. The third-order valence-electron chi connectivity index (χ3n) is 4.86. The quantitative estimate of drug-likeness (QED) is 0.718. The maximum Gasteiger partial charge on any atom is 0.321 e. The van der Waals surface area contributed by atoms with Crippen molar-refractivity contribution in [3.05, 3.63) is 65.2 Å². The van der Waals surface area contributed by atoms with E-state index in [-0.39, 0.29) is 17.8 Å². The smallest absolute Gasteiger partial charge is 0.321 e. The van der Waals surface area contributed by atoms with Crippen molar-refractivity contribution in [2.75, 3.05) is 18.0 Å². The lowest BCUT2D eigenvalue weighted by atomic mass is 10.1. The van der Waals surface area contributed by atoms with Gasteiger partial charge in [0.1, 0.15) is 0 Å². The van der Waals surface area contributed by atoms with Crippen LogP contribution in [-0.4, -0.2) is 37.0 Å². The first-order valence-corrected chi connectivity index (χ1v) is 9.43. The van der Waals surface area contributed by atoms with E-state index in [2.05, 4.69) is 16.0 Å². The predicted molar refractivity (Wildman–Crippen MR) is 105 cm³/mol. The molecule has 2 aromatic carbocycles. The first kappa shape index (κ1) is 18.0. The fourth-order valence-electron chi connectivity index (χ4n) is 3.09. The Bertz CT molecular complexity index is 906. The molecule has 3 N–H and O–H groups in total. The van der Waals surface area contributed by atoms with Gasteiger partial charge in [0.15, 0.2) is 0 Å². The molecule has 0 unspecified atom stereocenters. The lowest BCUT2D eigenvalue weighted by Crippen LogP contribution is -2.28. The fraction of sp³-hybridized carbons (Fsp3) is 0.286. The van der Waals surface area contributed by atoms with Gasteiger partial charge in [-0.15, -0.1) is 0 Å². The number of rotatable bonds is 6. The summed E-state index contributed by atoms with van der Waals surface area (Å²) in [7, 11) is 0. The molecule has 0 bridgehead atoms. The molecular weight excluding hydrogens is 356 g/mol. The third-order valence-corrected chi connectivity index (χ3v) is 4.86. The highest BCUT2D eigenvalue weighted by atomic mass is 16.2. The van der Waals surface area contributed by atoms with E-state index in [1.807, 2.05) is 18.2 Å². The molecule has 28 heavy (non-hydrogen) atoms. The molecule has 7 nitrogen and oxygen atoms in total. The molecule has 1 saturated heterocycles. The van der Waals surface area contributed by atoms with Crippen LogP contribution in [0.1, 0.15) is 39.1 Å². The molecule has 0 atom stereocenters. The van der Waals surface area contributed by atoms with Crippen molar-refractivity contribution in [3.63, 3.8) is 0 Å². The number of hydrogen-bond acceptors (Lipinski definition) is 3. The van der Waals surface area contributed by atoms with E-state index in [0.717, 1.165) is 18.4 Å². The van der Waals surface area contributed by atoms with Crippen LogP contribution in [0.3, 0.4) is 0 Å². The summed E-state index contributed by atoms with van der Waals surface area (Å²) in [6.45, 7) is 1.55. The Balaban J connectivity index is 1.35. The van der Waals surface area contributed by atoms with Crippen LogP contribution in [0.15, 0.2) is 48.5 Å². The predicted octanol–water partition coefficient (Wildman–Crippen LogP) is 2.04. The standard InChI is InChI=1S/C21H22N4O3/c26-19(16-2-1-3-18(12-16)25-11-10-22-21(25)28)23-13-14-4-6-15(7-5-14)20(27)24-17-8-9-17/h1-7,12,17H,8-11,13H2,(H,22,28)(H,23,26)(H,24,27). The Morgan fingerprint density at radius 1 is 1.04 bits per heavy atom. The van der Waals surface area contributed by atoms with Gasteiger partial charge in [0, 0.05) is 42.5 Å². The van der Waals surface area contributed by atoms with Gasteiger partial charge < -0.3 is 16.0 Å². The molecular formula is C21H22N4O3. The minimum Gasteiger partial charge on any atom is -0.349 e. The molecule has 1 saturated carbocycles. The minimum absolute atomic E-state index is 0.0548. The number of nitrogens with one attached hydrogen (secondary N) is 3. The fourth-order valence-corrected chi connectivity index (χ4v) is 3.09. The number of anilines is 1. The Morgan fingerprint density at radius 3 is 2.50 bits per heavy atom. The first-order valence-electron chi connectivity index (χ1n) is 9.43. The average molecular weight is 378 g/mol. The summed E-state index contributed by atoms with van der Waals surface area (Å²) < 4.78 is 0. The molecule has 2 fully saturated rings. The van der Waals surface area contributed by atoms with Gasteiger partial charge in [-0.2, -0.15) is 0 Å². The summed E-state index contributed by atoms with van der Waals surface area (Å²) in [6.07, 6.45) is 2.11. The van der Waals surface area contributed by atoms with E-state index in [0.29, 0.717) is 42.5 Å². The van der Waals surface area contributed by atoms with Crippen molar-refractivity contribution in [1.29, 1.82) is 0 Å². The normalized spacial score (nSPS) is 15.9. The number of carbonyl (C=O) groups is 3. The second kappa shape index (κ2) is 7.72. The zero-order valence-electron chi connectivity index (χ0n) is 15.4. The highest BCUT2D eigenvalue weighted by molar-refractivity contribution is 5.98. The van der Waals surface area contributed by atoms with E-state index < -0.39 is 0 Å². The Kier molecular flexibility index (Phi) is 4.97. The monoisotopic (exact) mass is 378 g/mol. The molecule has 0 aromatic heterocycles. The number of carbonyl (C=O) groups excluding carboxylic acids is 3. The van der Waals surface area contributed by atoms with Crippen LogP contribution in [0.2, 0.25) is 0 Å². The SMILES string of the molecule is O=C(NCc1ccc(C(=O)NC2CC2)cc1)c1cccc(N2CCNC2=O)c1. The Labute approximate surface area is 163 Å². The molecule has 2 aliphatic rings. The van der Waals surface area contributed by atoms with Crippen LogP contribution in [-0.2, 0) is 6.54 Å². The van der Waals surface area contributed by atoms with Crippen molar-refractivity contribution in [2.24, 2.45) is 0 Å². The van der Waals surface area contributed by atoms with Crippen LogP contribution in [0.5, 0.6) is 0 Å². The number of urea groups is 1. The van der Waals surface area contributed by atoms with E-state index in [1.54, 1.807) is 35.2 Å². The molecule has 1 aliphatic heterocycles. The van der Waals surface area contributed by atoms with Crippen LogP contribution < -0.4 is 20.9 Å². The molecule has 1 aliphatic carbocycles. The summed E-state index contributed by atoms with van der Waals surface area (Å²) in [4.78, 5) is 37.9. The average Bonchev–Trinajstić information content (AvgIpc) is 3.43. The minimum atomic E-state index is -0.211. The molecule has 4 rings (SSSR count). The third kappa shape index (κ3) is 4.14. The summed E-state index contributed by atoms with van der Waals surface area (Å²) in [5.41, 5.74) is 2.73. The van der Waals surface area contributed by atoms with Crippen molar-refractivity contribution in [2.45, 2.75) is 25.4 Å². The maximum atomic E-state index is 12.5. The zero-order chi connectivity index (χ0) is 19.5. The van der Waals surface area contributed by atoms with Gasteiger partial charge in [0.05, 0.1) is 0 Å². The van der Waals surface area contributed by atoms with E-state index in [9.17, 15) is 14.4 Å². The summed E-state index contributed by atoms with van der Waals surface area (Å²) in [5, 5.41) is 8.58. The highest BCUT2D eigenvalue weighted by Gasteiger charge is 2.24. The van der Waals surface area contributed by atoms with Gasteiger partial charge >= 0.3 is 6.03 Å². The molecule has 2 aromatic rings. The van der Waals surface area contributed by atoms with E-state index in [1.165, 1.54) is 0 Å². The highest BCUT2D eigenvalue weighted by Crippen LogP contribution is 2.20. The first-order chi connectivity index (χ1) is 13.6. The van der Waals surface area contributed by atoms with Gasteiger partial charge in [0.2, 0.25) is 0 Å². The van der Waals surface area contributed by atoms with Crippen LogP contribution in [0.25, 0.3) is 0 Å². The van der Waals surface area contributed by atoms with Crippen LogP contribution >= 0.6 is 0 Å². The van der Waals surface area contributed by atoms with Gasteiger partial charge in [-0.3, -0.25) is 14.5 Å². The van der Waals surface area contributed by atoms with Gasteiger partial charge in [-0.05, 0) is 48.7 Å². The Morgan fingerprint density at radius 2 is 1.82 bits per heavy atom. The maximum absolute atomic E-state index is 12.5. The lowest BCUT2D eigenvalue weighted by molar-refractivity contribution is 0.0941. The molecule has 144 valence electrons. The van der Waals surface area contributed by atoms with Crippen molar-refractivity contribution < 1.29 is 14.4 Å². The number of nitrogens with zero attached hydrogens (tertiary/aromatic N) is 1. The number of hydrogen-bond donors (Lipinski definition) is 3. The molecule has 4 amide bonds. The zero-order valence-corrected chi connectivity index (χ0v) is 15.4. The molecule has 0 spiro atoms. The van der Waals surface area contributed by atoms with Gasteiger partial charge in [-0.25, -0.2) is 4.79 Å². The number of amides is 4. The van der Waals surface area contributed by atoms with Crippen LogP contribution in [0.4, 0.5) is 10.5 Å². The molecule has 0 radical (unpaired) electrons. The number of benzene rings is 2. The Hall–Kier alpha value is -3.35. The second-order valence-electron chi connectivity index (χ2n) is 7.06. The van der Waals surface area contributed by atoms with Crippen LogP contribution in [0, 0.1) is 0 Å². The summed E-state index contributed by atoms with van der Waals surface area (Å²) in [6, 6.07) is 14.4. The van der Waals surface area contributed by atoms with Gasteiger partial charge in [-0.1, -0.05) is 18.2 Å². The molecule has 7 heteroatoms. The van der Waals surface area contributed by atoms with Crippen molar-refractivity contribution >= 4 is 23.5 Å².